The molecular formula is C20H16BrClN2O2. The number of pyridine rings is 1. The van der Waals surface area contributed by atoms with Crippen LogP contribution in [0.3, 0.4) is 0 Å². The Morgan fingerprint density at radius 3 is 2.88 bits per heavy atom. The molecule has 1 amide bonds. The Morgan fingerprint density at radius 1 is 1.35 bits per heavy atom. The molecule has 3 aromatic rings. The molecule has 4 rings (SSSR count). The standard InChI is InChI=1S/C20H16BrClN2O2/c1-10-6-12-7-13(21)8-14-18(12)24(10)9-15(19(14)25)20(26)23-17-5-3-4-16(22)11(17)2/h3-5,7-10H,6H2,1-2H3,(H,23,26). The third-order valence-electron chi connectivity index (χ3n) is 4.92. The zero-order chi connectivity index (χ0) is 18.6. The van der Waals surface area contributed by atoms with Gasteiger partial charge in [-0.05, 0) is 55.7 Å². The summed E-state index contributed by atoms with van der Waals surface area (Å²) < 4.78 is 2.87. The molecule has 132 valence electrons. The van der Waals surface area contributed by atoms with Crippen LogP contribution in [-0.2, 0) is 6.42 Å². The maximum atomic E-state index is 13.0. The molecule has 1 unspecified atom stereocenters. The Labute approximate surface area is 163 Å². The first kappa shape index (κ1) is 17.3. The lowest BCUT2D eigenvalue weighted by Crippen LogP contribution is -2.24. The van der Waals surface area contributed by atoms with Gasteiger partial charge in [0.2, 0.25) is 5.43 Å². The zero-order valence-corrected chi connectivity index (χ0v) is 16.6. The number of hydrogen-bond donors (Lipinski definition) is 1. The van der Waals surface area contributed by atoms with E-state index in [-0.39, 0.29) is 17.0 Å². The maximum Gasteiger partial charge on any atom is 0.261 e. The first-order valence-electron chi connectivity index (χ1n) is 8.30. The summed E-state index contributed by atoms with van der Waals surface area (Å²) in [4.78, 5) is 25.8. The number of halogens is 2. The van der Waals surface area contributed by atoms with Crippen molar-refractivity contribution in [1.82, 2.24) is 4.57 Å². The number of benzene rings is 2. The van der Waals surface area contributed by atoms with Gasteiger partial charge in [-0.1, -0.05) is 33.6 Å². The summed E-state index contributed by atoms with van der Waals surface area (Å²) in [6.07, 6.45) is 2.52. The fraction of sp³-hybridized carbons (Fsp3) is 0.200. The van der Waals surface area contributed by atoms with Crippen molar-refractivity contribution in [3.63, 3.8) is 0 Å². The molecule has 0 aliphatic carbocycles. The van der Waals surface area contributed by atoms with Crippen LogP contribution in [0.25, 0.3) is 10.9 Å². The second-order valence-electron chi connectivity index (χ2n) is 6.66. The lowest BCUT2D eigenvalue weighted by molar-refractivity contribution is 0.102. The van der Waals surface area contributed by atoms with Crippen molar-refractivity contribution in [3.05, 3.63) is 72.9 Å². The number of hydrogen-bond acceptors (Lipinski definition) is 2. The van der Waals surface area contributed by atoms with Gasteiger partial charge in [0.1, 0.15) is 5.56 Å². The van der Waals surface area contributed by atoms with E-state index in [9.17, 15) is 9.59 Å². The number of carbonyl (C=O) groups excluding carboxylic acids is 1. The molecule has 1 aromatic heterocycles. The predicted molar refractivity (Wildman–Crippen MR) is 108 cm³/mol. The quantitative estimate of drug-likeness (QED) is 0.614. The molecule has 0 saturated heterocycles. The molecule has 0 fully saturated rings. The van der Waals surface area contributed by atoms with Crippen LogP contribution >= 0.6 is 27.5 Å². The van der Waals surface area contributed by atoms with Gasteiger partial charge in [-0.3, -0.25) is 9.59 Å². The Kier molecular flexibility index (Phi) is 4.16. The lowest BCUT2D eigenvalue weighted by Gasteiger charge is -2.14. The number of anilines is 1. The normalized spacial score (nSPS) is 15.5. The van der Waals surface area contributed by atoms with Crippen molar-refractivity contribution in [1.29, 1.82) is 0 Å². The van der Waals surface area contributed by atoms with Crippen molar-refractivity contribution in [2.75, 3.05) is 5.32 Å². The Bertz CT molecular complexity index is 1140. The van der Waals surface area contributed by atoms with Gasteiger partial charge >= 0.3 is 0 Å². The predicted octanol–water partition coefficient (Wildman–Crippen LogP) is 5.10. The summed E-state index contributed by atoms with van der Waals surface area (Å²) in [5, 5.41) is 3.95. The summed E-state index contributed by atoms with van der Waals surface area (Å²) in [6.45, 7) is 3.91. The third kappa shape index (κ3) is 2.66. The summed E-state index contributed by atoms with van der Waals surface area (Å²) in [7, 11) is 0. The van der Waals surface area contributed by atoms with Crippen LogP contribution < -0.4 is 10.7 Å². The number of aromatic nitrogens is 1. The highest BCUT2D eigenvalue weighted by Gasteiger charge is 2.25. The first-order chi connectivity index (χ1) is 12.4. The monoisotopic (exact) mass is 430 g/mol. The molecule has 1 aliphatic heterocycles. The highest BCUT2D eigenvalue weighted by atomic mass is 79.9. The van der Waals surface area contributed by atoms with Crippen molar-refractivity contribution >= 4 is 50.0 Å². The number of rotatable bonds is 2. The minimum atomic E-state index is -0.424. The van der Waals surface area contributed by atoms with Crippen LogP contribution in [0.4, 0.5) is 5.69 Å². The van der Waals surface area contributed by atoms with Crippen LogP contribution in [0, 0.1) is 6.92 Å². The van der Waals surface area contributed by atoms with Gasteiger partial charge in [-0.25, -0.2) is 0 Å². The van der Waals surface area contributed by atoms with E-state index in [1.807, 2.05) is 17.6 Å². The largest absolute Gasteiger partial charge is 0.343 e. The summed E-state index contributed by atoms with van der Waals surface area (Å²) in [5.41, 5.74) is 3.29. The number of amides is 1. The number of carbonyl (C=O) groups is 1. The van der Waals surface area contributed by atoms with Crippen molar-refractivity contribution in [2.45, 2.75) is 26.3 Å². The smallest absolute Gasteiger partial charge is 0.261 e. The second kappa shape index (κ2) is 6.25. The van der Waals surface area contributed by atoms with Crippen molar-refractivity contribution < 1.29 is 4.79 Å². The van der Waals surface area contributed by atoms with Crippen molar-refractivity contribution in [2.24, 2.45) is 0 Å². The molecular weight excluding hydrogens is 416 g/mol. The zero-order valence-electron chi connectivity index (χ0n) is 14.3. The van der Waals surface area contributed by atoms with E-state index in [1.165, 1.54) is 0 Å². The average molecular weight is 432 g/mol. The number of nitrogens with zero attached hydrogens (tertiary/aromatic N) is 1. The highest BCUT2D eigenvalue weighted by Crippen LogP contribution is 2.33. The van der Waals surface area contributed by atoms with Gasteiger partial charge in [0.25, 0.3) is 5.91 Å². The SMILES string of the molecule is Cc1c(Cl)cccc1NC(=O)c1cn2c3c(cc(Br)cc3c1=O)CC2C. The van der Waals surface area contributed by atoms with Crippen molar-refractivity contribution in [3.8, 4) is 0 Å². The van der Waals surface area contributed by atoms with E-state index in [0.717, 1.165) is 27.5 Å². The topological polar surface area (TPSA) is 51.1 Å². The van der Waals surface area contributed by atoms with Gasteiger partial charge < -0.3 is 9.88 Å². The van der Waals surface area contributed by atoms with E-state index >= 15 is 0 Å². The maximum absolute atomic E-state index is 13.0. The summed E-state index contributed by atoms with van der Waals surface area (Å²) in [5.74, 6) is -0.424. The molecule has 1 N–H and O–H groups in total. The van der Waals surface area contributed by atoms with E-state index in [2.05, 4.69) is 28.2 Å². The fourth-order valence-electron chi connectivity index (χ4n) is 3.56. The molecule has 0 saturated carbocycles. The second-order valence-corrected chi connectivity index (χ2v) is 7.98. The first-order valence-corrected chi connectivity index (χ1v) is 9.47. The molecule has 0 bridgehead atoms. The third-order valence-corrected chi connectivity index (χ3v) is 5.79. The highest BCUT2D eigenvalue weighted by molar-refractivity contribution is 9.10. The molecule has 1 atom stereocenters. The molecule has 0 radical (unpaired) electrons. The lowest BCUT2D eigenvalue weighted by atomic mass is 10.1. The minimum Gasteiger partial charge on any atom is -0.343 e. The van der Waals surface area contributed by atoms with E-state index in [0.29, 0.717) is 16.1 Å². The van der Waals surface area contributed by atoms with Crippen LogP contribution in [0.15, 0.2) is 45.8 Å². The van der Waals surface area contributed by atoms with Gasteiger partial charge in [-0.2, -0.15) is 0 Å². The molecule has 1 aliphatic rings. The molecule has 4 nitrogen and oxygen atoms in total. The van der Waals surface area contributed by atoms with Crippen LogP contribution in [0.1, 0.15) is 34.5 Å². The summed E-state index contributed by atoms with van der Waals surface area (Å²) in [6, 6.07) is 9.33. The van der Waals surface area contributed by atoms with Gasteiger partial charge in [0.05, 0.1) is 5.52 Å². The Balaban J connectivity index is 1.86. The van der Waals surface area contributed by atoms with Gasteiger partial charge in [-0.15, -0.1) is 0 Å². The Hall–Kier alpha value is -2.11. The van der Waals surface area contributed by atoms with E-state index in [4.69, 9.17) is 11.6 Å². The summed E-state index contributed by atoms with van der Waals surface area (Å²) >= 11 is 9.59. The molecule has 26 heavy (non-hydrogen) atoms. The average Bonchev–Trinajstić information content (AvgIpc) is 2.90. The van der Waals surface area contributed by atoms with Crippen LogP contribution in [0.5, 0.6) is 0 Å². The molecule has 2 aromatic carbocycles. The minimum absolute atomic E-state index is 0.134. The van der Waals surface area contributed by atoms with Gasteiger partial charge in [0.15, 0.2) is 0 Å². The van der Waals surface area contributed by atoms with E-state index in [1.54, 1.807) is 30.5 Å². The Morgan fingerprint density at radius 2 is 2.12 bits per heavy atom. The fourth-order valence-corrected chi connectivity index (χ4v) is 4.23. The molecule has 6 heteroatoms. The van der Waals surface area contributed by atoms with Crippen LogP contribution in [0.2, 0.25) is 5.02 Å². The van der Waals surface area contributed by atoms with Gasteiger partial charge in [0, 0.05) is 32.8 Å². The number of nitrogens with one attached hydrogen (secondary N) is 1. The molecule has 0 spiro atoms. The van der Waals surface area contributed by atoms with E-state index < -0.39 is 5.91 Å². The molecule has 2 heterocycles. The van der Waals surface area contributed by atoms with Crippen LogP contribution in [-0.4, -0.2) is 10.5 Å².